The van der Waals surface area contributed by atoms with Crippen molar-refractivity contribution in [2.75, 3.05) is 13.1 Å². The fourth-order valence-electron chi connectivity index (χ4n) is 3.02. The Morgan fingerprint density at radius 3 is 2.67 bits per heavy atom. The van der Waals surface area contributed by atoms with E-state index in [1.807, 2.05) is 0 Å². The van der Waals surface area contributed by atoms with Crippen molar-refractivity contribution in [1.29, 1.82) is 0 Å². The maximum absolute atomic E-state index is 12.0. The highest BCUT2D eigenvalue weighted by Crippen LogP contribution is 2.23. The molecule has 2 fully saturated rings. The van der Waals surface area contributed by atoms with Gasteiger partial charge in [-0.2, -0.15) is 0 Å². The number of aliphatic hydroxyl groups excluding tert-OH is 1. The van der Waals surface area contributed by atoms with Crippen molar-refractivity contribution in [3.8, 4) is 0 Å². The van der Waals surface area contributed by atoms with Gasteiger partial charge in [-0.05, 0) is 56.9 Å². The van der Waals surface area contributed by atoms with Gasteiger partial charge in [0.05, 0.1) is 12.1 Å². The largest absolute Gasteiger partial charge is 0.393 e. The Kier molecular flexibility index (Phi) is 5.01. The zero-order chi connectivity index (χ0) is 13.0. The number of rotatable bonds is 3. The molecule has 0 spiro atoms. The van der Waals surface area contributed by atoms with E-state index in [2.05, 4.69) is 17.6 Å². The molecule has 1 aliphatic carbocycles. The van der Waals surface area contributed by atoms with Gasteiger partial charge < -0.3 is 15.7 Å². The lowest BCUT2D eigenvalue weighted by molar-refractivity contribution is -0.124. The van der Waals surface area contributed by atoms with E-state index in [9.17, 15) is 9.90 Å². The minimum atomic E-state index is -0.113. The summed E-state index contributed by atoms with van der Waals surface area (Å²) in [5.74, 6) is 1.36. The second-order valence-electron chi connectivity index (χ2n) is 6.06. The van der Waals surface area contributed by atoms with Gasteiger partial charge in [-0.1, -0.05) is 6.92 Å². The average Bonchev–Trinajstić information content (AvgIpc) is 2.38. The van der Waals surface area contributed by atoms with Gasteiger partial charge in [-0.25, -0.2) is 0 Å². The predicted octanol–water partition coefficient (Wildman–Crippen LogP) is 1.04. The van der Waals surface area contributed by atoms with Crippen LogP contribution in [0.5, 0.6) is 0 Å². The lowest BCUT2D eigenvalue weighted by Gasteiger charge is -2.29. The minimum absolute atomic E-state index is 0.00271. The molecule has 2 aliphatic rings. The van der Waals surface area contributed by atoms with E-state index in [0.717, 1.165) is 45.2 Å². The number of carbonyl (C=O) groups excluding carboxylic acids is 1. The summed E-state index contributed by atoms with van der Waals surface area (Å²) in [6.07, 6.45) is 5.86. The van der Waals surface area contributed by atoms with Crippen LogP contribution in [0.4, 0.5) is 0 Å². The zero-order valence-electron chi connectivity index (χ0n) is 11.3. The van der Waals surface area contributed by atoms with Crippen molar-refractivity contribution in [1.82, 2.24) is 10.6 Å². The molecule has 0 bridgehead atoms. The van der Waals surface area contributed by atoms with Gasteiger partial charge >= 0.3 is 0 Å². The number of amides is 1. The summed E-state index contributed by atoms with van der Waals surface area (Å²) in [5, 5.41) is 15.8. The van der Waals surface area contributed by atoms with Crippen LogP contribution in [0.25, 0.3) is 0 Å². The predicted molar refractivity (Wildman–Crippen MR) is 71.2 cm³/mol. The first-order chi connectivity index (χ1) is 8.65. The summed E-state index contributed by atoms with van der Waals surface area (Å²) in [7, 11) is 0. The third kappa shape index (κ3) is 3.95. The van der Waals surface area contributed by atoms with Crippen LogP contribution >= 0.6 is 0 Å². The number of hydrogen-bond acceptors (Lipinski definition) is 3. The molecule has 2 atom stereocenters. The Bertz CT molecular complexity index is 275. The second kappa shape index (κ2) is 6.53. The highest BCUT2D eigenvalue weighted by atomic mass is 16.3. The molecular weight excluding hydrogens is 228 g/mol. The summed E-state index contributed by atoms with van der Waals surface area (Å²) in [5.41, 5.74) is 0. The van der Waals surface area contributed by atoms with Gasteiger partial charge in [0.25, 0.3) is 0 Å². The molecule has 18 heavy (non-hydrogen) atoms. The van der Waals surface area contributed by atoms with Gasteiger partial charge in [0.1, 0.15) is 0 Å². The van der Waals surface area contributed by atoms with E-state index in [1.54, 1.807) is 0 Å². The van der Waals surface area contributed by atoms with E-state index in [1.165, 1.54) is 6.42 Å². The van der Waals surface area contributed by atoms with E-state index < -0.39 is 0 Å². The highest BCUT2D eigenvalue weighted by molar-refractivity contribution is 5.81. The van der Waals surface area contributed by atoms with Crippen molar-refractivity contribution in [3.05, 3.63) is 0 Å². The van der Waals surface area contributed by atoms with Crippen molar-refractivity contribution >= 4 is 5.91 Å². The molecule has 1 amide bonds. The number of nitrogens with one attached hydrogen (secondary N) is 2. The SMILES string of the molecule is CC1CCNC(C(=O)NCC2CCC(O)CC2)C1. The standard InChI is InChI=1S/C14H26N2O2/c1-10-6-7-15-13(8-10)14(18)16-9-11-2-4-12(17)5-3-11/h10-13,15,17H,2-9H2,1H3,(H,16,18). The molecule has 4 nitrogen and oxygen atoms in total. The number of aliphatic hydroxyl groups is 1. The monoisotopic (exact) mass is 254 g/mol. The summed E-state index contributed by atoms with van der Waals surface area (Å²) in [4.78, 5) is 12.0. The molecule has 1 heterocycles. The number of hydrogen-bond donors (Lipinski definition) is 3. The Morgan fingerprint density at radius 2 is 2.00 bits per heavy atom. The Hall–Kier alpha value is -0.610. The summed E-state index contributed by atoms with van der Waals surface area (Å²) >= 11 is 0. The maximum atomic E-state index is 12.0. The first kappa shape index (κ1) is 13.8. The molecule has 0 aromatic carbocycles. The van der Waals surface area contributed by atoms with Gasteiger partial charge in [-0.3, -0.25) is 4.79 Å². The number of carbonyl (C=O) groups is 1. The molecule has 2 rings (SSSR count). The lowest BCUT2D eigenvalue weighted by atomic mass is 9.87. The average molecular weight is 254 g/mol. The Morgan fingerprint density at radius 1 is 1.28 bits per heavy atom. The quantitative estimate of drug-likeness (QED) is 0.705. The first-order valence-electron chi connectivity index (χ1n) is 7.34. The number of piperidine rings is 1. The van der Waals surface area contributed by atoms with Gasteiger partial charge in [0.2, 0.25) is 5.91 Å². The fourth-order valence-corrected chi connectivity index (χ4v) is 3.02. The first-order valence-corrected chi connectivity index (χ1v) is 7.34. The highest BCUT2D eigenvalue weighted by Gasteiger charge is 2.25. The normalized spacial score (nSPS) is 37.2. The molecule has 4 heteroatoms. The molecule has 1 saturated carbocycles. The van der Waals surface area contributed by atoms with E-state index in [-0.39, 0.29) is 18.1 Å². The van der Waals surface area contributed by atoms with Crippen LogP contribution < -0.4 is 10.6 Å². The van der Waals surface area contributed by atoms with Crippen molar-refractivity contribution in [2.24, 2.45) is 11.8 Å². The van der Waals surface area contributed by atoms with Gasteiger partial charge in [0, 0.05) is 6.54 Å². The van der Waals surface area contributed by atoms with Crippen LogP contribution in [0.15, 0.2) is 0 Å². The molecule has 3 N–H and O–H groups in total. The van der Waals surface area contributed by atoms with Crippen molar-refractivity contribution < 1.29 is 9.90 Å². The van der Waals surface area contributed by atoms with E-state index in [4.69, 9.17) is 0 Å². The molecular formula is C14H26N2O2. The molecule has 0 aromatic heterocycles. The topological polar surface area (TPSA) is 61.4 Å². The molecule has 1 aliphatic heterocycles. The third-order valence-corrected chi connectivity index (χ3v) is 4.36. The van der Waals surface area contributed by atoms with Crippen LogP contribution in [0.2, 0.25) is 0 Å². The van der Waals surface area contributed by atoms with Crippen molar-refractivity contribution in [2.45, 2.75) is 57.6 Å². The van der Waals surface area contributed by atoms with Crippen LogP contribution in [0.3, 0.4) is 0 Å². The third-order valence-electron chi connectivity index (χ3n) is 4.36. The zero-order valence-corrected chi connectivity index (χ0v) is 11.3. The molecule has 104 valence electrons. The van der Waals surface area contributed by atoms with Crippen LogP contribution in [0, 0.1) is 11.8 Å². The van der Waals surface area contributed by atoms with Gasteiger partial charge in [-0.15, -0.1) is 0 Å². The van der Waals surface area contributed by atoms with Crippen LogP contribution in [-0.4, -0.2) is 36.2 Å². The summed E-state index contributed by atoms with van der Waals surface area (Å²) < 4.78 is 0. The second-order valence-corrected chi connectivity index (χ2v) is 6.06. The van der Waals surface area contributed by atoms with E-state index in [0.29, 0.717) is 11.8 Å². The summed E-state index contributed by atoms with van der Waals surface area (Å²) in [6, 6.07) is 0.00271. The smallest absolute Gasteiger partial charge is 0.237 e. The maximum Gasteiger partial charge on any atom is 0.237 e. The van der Waals surface area contributed by atoms with Crippen molar-refractivity contribution in [3.63, 3.8) is 0 Å². The van der Waals surface area contributed by atoms with E-state index >= 15 is 0 Å². The Balaban J connectivity index is 1.68. The lowest BCUT2D eigenvalue weighted by Crippen LogP contribution is -2.49. The fraction of sp³-hybridized carbons (Fsp3) is 0.929. The molecule has 0 radical (unpaired) electrons. The Labute approximate surface area is 110 Å². The minimum Gasteiger partial charge on any atom is -0.393 e. The molecule has 2 unspecified atom stereocenters. The molecule has 1 saturated heterocycles. The van der Waals surface area contributed by atoms with Crippen LogP contribution in [-0.2, 0) is 4.79 Å². The molecule has 0 aromatic rings. The van der Waals surface area contributed by atoms with Crippen LogP contribution in [0.1, 0.15) is 45.4 Å². The van der Waals surface area contributed by atoms with Gasteiger partial charge in [0.15, 0.2) is 0 Å². The summed E-state index contributed by atoms with van der Waals surface area (Å²) in [6.45, 7) is 3.94.